The standard InChI is InChI=1S/C13H13ClF12O2/c1-3-27-7(28-4-2)5-6-8(15,16)9(17,18)10(19,20)11(21,22)12(23,24)13(14,25)26/h5-7H,3-4H2,1-2H3/b6-5+. The number of hydrogen-bond acceptors (Lipinski definition) is 2. The highest BCUT2D eigenvalue weighted by Crippen LogP contribution is 2.60. The molecule has 0 N–H and O–H groups in total. The Morgan fingerprint density at radius 2 is 1.04 bits per heavy atom. The SMILES string of the molecule is CCOC(/C=C/C(F)(F)C(F)(F)C(F)(F)C(F)(F)C(F)(F)C(F)(F)Cl)OCC. The van der Waals surface area contributed by atoms with Crippen molar-refractivity contribution in [2.24, 2.45) is 0 Å². The Labute approximate surface area is 155 Å². The van der Waals surface area contributed by atoms with Gasteiger partial charge in [-0.25, -0.2) is 0 Å². The van der Waals surface area contributed by atoms with E-state index in [0.717, 1.165) is 0 Å². The van der Waals surface area contributed by atoms with E-state index in [-0.39, 0.29) is 19.3 Å². The summed E-state index contributed by atoms with van der Waals surface area (Å²) in [5, 5.41) is -6.46. The summed E-state index contributed by atoms with van der Waals surface area (Å²) >= 11 is 3.58. The minimum atomic E-state index is -7.68. The van der Waals surface area contributed by atoms with Crippen LogP contribution in [-0.4, -0.2) is 54.5 Å². The van der Waals surface area contributed by atoms with Gasteiger partial charge in [0.15, 0.2) is 6.29 Å². The van der Waals surface area contributed by atoms with E-state index >= 15 is 0 Å². The minimum Gasteiger partial charge on any atom is -0.349 e. The molecule has 2 nitrogen and oxygen atoms in total. The third-order valence-corrected chi connectivity index (χ3v) is 3.32. The molecule has 0 unspecified atom stereocenters. The third kappa shape index (κ3) is 4.64. The Hall–Kier alpha value is -0.890. The molecule has 0 aromatic rings. The van der Waals surface area contributed by atoms with Gasteiger partial charge in [-0.3, -0.25) is 0 Å². The average molecular weight is 465 g/mol. The summed E-state index contributed by atoms with van der Waals surface area (Å²) in [6.45, 7) is 2.08. The van der Waals surface area contributed by atoms with Gasteiger partial charge < -0.3 is 9.47 Å². The zero-order chi connectivity index (χ0) is 22.8. The lowest BCUT2D eigenvalue weighted by atomic mass is 9.94. The van der Waals surface area contributed by atoms with Crippen LogP contribution in [0.25, 0.3) is 0 Å². The molecule has 0 heterocycles. The van der Waals surface area contributed by atoms with Crippen molar-refractivity contribution in [1.82, 2.24) is 0 Å². The first-order chi connectivity index (χ1) is 12.2. The van der Waals surface area contributed by atoms with E-state index in [0.29, 0.717) is 0 Å². The minimum absolute atomic E-state index is 0.0660. The van der Waals surface area contributed by atoms with Crippen LogP contribution in [0.2, 0.25) is 0 Å². The predicted octanol–water partition coefficient (Wildman–Crippen LogP) is 5.95. The van der Waals surface area contributed by atoms with Gasteiger partial charge in [-0.05, 0) is 37.6 Å². The molecule has 0 amide bonds. The molecular formula is C13H13ClF12O2. The van der Waals surface area contributed by atoms with Gasteiger partial charge in [0, 0.05) is 13.2 Å². The molecule has 0 aliphatic carbocycles. The highest BCUT2D eigenvalue weighted by molar-refractivity contribution is 6.22. The summed E-state index contributed by atoms with van der Waals surface area (Å²) in [5.74, 6) is -36.1. The van der Waals surface area contributed by atoms with Crippen LogP contribution in [-0.2, 0) is 9.47 Å². The van der Waals surface area contributed by atoms with Crippen LogP contribution in [0.15, 0.2) is 12.2 Å². The molecule has 0 bridgehead atoms. The number of hydrogen-bond donors (Lipinski definition) is 0. The first kappa shape index (κ1) is 27.1. The van der Waals surface area contributed by atoms with Gasteiger partial charge in [0.05, 0.1) is 0 Å². The summed E-state index contributed by atoms with van der Waals surface area (Å²) < 4.78 is 167. The summed E-state index contributed by atoms with van der Waals surface area (Å²) in [6.07, 6.45) is -2.92. The van der Waals surface area contributed by atoms with E-state index in [1.54, 1.807) is 0 Å². The van der Waals surface area contributed by atoms with Crippen molar-refractivity contribution >= 4 is 11.6 Å². The molecule has 0 aromatic heterocycles. The second-order valence-corrected chi connectivity index (χ2v) is 5.53. The number of rotatable bonds is 11. The number of alkyl halides is 13. The predicted molar refractivity (Wildman–Crippen MR) is 71.7 cm³/mol. The van der Waals surface area contributed by atoms with Gasteiger partial charge >= 0.3 is 35.0 Å². The molecule has 28 heavy (non-hydrogen) atoms. The van der Waals surface area contributed by atoms with Gasteiger partial charge in [-0.15, -0.1) is 0 Å². The molecule has 0 aliphatic heterocycles. The van der Waals surface area contributed by atoms with Crippen LogP contribution in [0.5, 0.6) is 0 Å². The van der Waals surface area contributed by atoms with Crippen LogP contribution in [0, 0.1) is 0 Å². The molecule has 0 spiro atoms. The fourth-order valence-corrected chi connectivity index (χ4v) is 1.69. The van der Waals surface area contributed by atoms with Gasteiger partial charge in [0.25, 0.3) is 0 Å². The molecule has 0 fully saturated rings. The lowest BCUT2D eigenvalue weighted by Gasteiger charge is -2.39. The number of halogens is 13. The van der Waals surface area contributed by atoms with Crippen LogP contribution < -0.4 is 0 Å². The highest BCUT2D eigenvalue weighted by Gasteiger charge is 2.89. The van der Waals surface area contributed by atoms with Crippen LogP contribution >= 0.6 is 11.6 Å². The first-order valence-corrected chi connectivity index (χ1v) is 7.50. The Morgan fingerprint density at radius 3 is 1.36 bits per heavy atom. The van der Waals surface area contributed by atoms with Crippen molar-refractivity contribution in [3.63, 3.8) is 0 Å². The normalized spacial score (nSPS) is 15.7. The zero-order valence-electron chi connectivity index (χ0n) is 13.9. The monoisotopic (exact) mass is 464 g/mol. The number of allylic oxidation sites excluding steroid dienone is 1. The van der Waals surface area contributed by atoms with Crippen molar-refractivity contribution in [3.8, 4) is 0 Å². The van der Waals surface area contributed by atoms with Crippen molar-refractivity contribution in [3.05, 3.63) is 12.2 Å². The smallest absolute Gasteiger partial charge is 0.349 e. The maximum absolute atomic E-state index is 13.5. The summed E-state index contributed by atoms with van der Waals surface area (Å²) in [5.41, 5.74) is 0. The summed E-state index contributed by atoms with van der Waals surface area (Å²) in [4.78, 5) is 0. The molecule has 0 saturated heterocycles. The van der Waals surface area contributed by atoms with E-state index in [9.17, 15) is 52.7 Å². The Morgan fingerprint density at radius 1 is 0.679 bits per heavy atom. The lowest BCUT2D eigenvalue weighted by molar-refractivity contribution is -0.411. The molecule has 0 rings (SSSR count). The largest absolute Gasteiger partial charge is 0.393 e. The quantitative estimate of drug-likeness (QED) is 0.163. The van der Waals surface area contributed by atoms with Gasteiger partial charge in [-0.1, -0.05) is 0 Å². The average Bonchev–Trinajstić information content (AvgIpc) is 2.51. The second kappa shape index (κ2) is 8.46. The van der Waals surface area contributed by atoms with Crippen LogP contribution in [0.4, 0.5) is 52.7 Å². The Kier molecular flexibility index (Phi) is 8.19. The summed E-state index contributed by atoms with van der Waals surface area (Å²) in [7, 11) is 0. The topological polar surface area (TPSA) is 18.5 Å². The van der Waals surface area contributed by atoms with E-state index in [4.69, 9.17) is 0 Å². The fraction of sp³-hybridized carbons (Fsp3) is 0.846. The third-order valence-electron chi connectivity index (χ3n) is 3.08. The molecular weight excluding hydrogens is 452 g/mol. The zero-order valence-corrected chi connectivity index (χ0v) is 14.6. The molecule has 15 heteroatoms. The van der Waals surface area contributed by atoms with E-state index in [1.807, 2.05) is 0 Å². The van der Waals surface area contributed by atoms with Crippen LogP contribution in [0.1, 0.15) is 13.8 Å². The Bertz CT molecular complexity index is 538. The molecule has 168 valence electrons. The molecule has 0 saturated carbocycles. The van der Waals surface area contributed by atoms with Gasteiger partial charge in [0.1, 0.15) is 0 Å². The van der Waals surface area contributed by atoms with Gasteiger partial charge in [-0.2, -0.15) is 52.7 Å². The van der Waals surface area contributed by atoms with Crippen molar-refractivity contribution in [2.45, 2.75) is 55.1 Å². The molecule has 0 atom stereocenters. The maximum Gasteiger partial charge on any atom is 0.393 e. The van der Waals surface area contributed by atoms with Crippen molar-refractivity contribution in [2.75, 3.05) is 13.2 Å². The highest BCUT2D eigenvalue weighted by atomic mass is 35.5. The van der Waals surface area contributed by atoms with Crippen molar-refractivity contribution < 1.29 is 62.2 Å². The van der Waals surface area contributed by atoms with E-state index in [1.165, 1.54) is 13.8 Å². The molecule has 0 aromatic carbocycles. The molecule has 0 radical (unpaired) electrons. The van der Waals surface area contributed by atoms with E-state index in [2.05, 4.69) is 21.1 Å². The number of ether oxygens (including phenoxy) is 2. The Balaban J connectivity index is 6.10. The lowest BCUT2D eigenvalue weighted by Crippen LogP contribution is -2.69. The van der Waals surface area contributed by atoms with Gasteiger partial charge in [0.2, 0.25) is 0 Å². The van der Waals surface area contributed by atoms with Crippen molar-refractivity contribution in [1.29, 1.82) is 0 Å². The first-order valence-electron chi connectivity index (χ1n) is 7.13. The fourth-order valence-electron chi connectivity index (χ4n) is 1.57. The molecule has 0 aliphatic rings. The summed E-state index contributed by atoms with van der Waals surface area (Å²) in [6, 6.07) is 0. The van der Waals surface area contributed by atoms with Crippen LogP contribution in [0.3, 0.4) is 0 Å². The second-order valence-electron chi connectivity index (χ2n) is 5.06. The van der Waals surface area contributed by atoms with E-state index < -0.39 is 47.4 Å². The maximum atomic E-state index is 13.5.